The summed E-state index contributed by atoms with van der Waals surface area (Å²) in [6.07, 6.45) is 3.42. The first-order valence-corrected chi connectivity index (χ1v) is 7.13. The Morgan fingerprint density at radius 1 is 1.22 bits per heavy atom. The molecule has 0 saturated heterocycles. The Labute approximate surface area is 111 Å². The summed E-state index contributed by atoms with van der Waals surface area (Å²) in [5.74, 6) is 0.727. The predicted octanol–water partition coefficient (Wildman–Crippen LogP) is 3.75. The predicted molar refractivity (Wildman–Crippen MR) is 76.9 cm³/mol. The van der Waals surface area contributed by atoms with Gasteiger partial charge in [0.25, 0.3) is 0 Å². The number of nitrogens with zero attached hydrogens (tertiary/aromatic N) is 1. The number of aliphatic hydroxyl groups excluding tert-OH is 1. The Kier molecular flexibility index (Phi) is 4.28. The van der Waals surface area contributed by atoms with Crippen LogP contribution in [0, 0.1) is 5.92 Å². The lowest BCUT2D eigenvalue weighted by Gasteiger charge is -2.28. The Morgan fingerprint density at radius 2 is 1.89 bits per heavy atom. The quantitative estimate of drug-likeness (QED) is 0.827. The van der Waals surface area contributed by atoms with E-state index in [2.05, 4.69) is 30.9 Å². The monoisotopic (exact) mass is 247 g/mol. The molecule has 1 N–H and O–H groups in total. The third-order valence-electron chi connectivity index (χ3n) is 3.63. The molecular weight excluding hydrogens is 222 g/mol. The molecule has 2 nitrogen and oxygen atoms in total. The lowest BCUT2D eigenvalue weighted by Crippen LogP contribution is -2.29. The van der Waals surface area contributed by atoms with Crippen LogP contribution in [0.25, 0.3) is 0 Å². The standard InChI is InChI=1S/C16H25NO/c1-12(2)10-11-17(14-8-9-14)16-7-5-4-6-15(16)13(3)18/h4-7,12-14,18H,8-11H2,1-3H3/t13-/m1/s1. The molecule has 0 heterocycles. The Morgan fingerprint density at radius 3 is 2.44 bits per heavy atom. The van der Waals surface area contributed by atoms with Gasteiger partial charge < -0.3 is 10.0 Å². The summed E-state index contributed by atoms with van der Waals surface area (Å²) < 4.78 is 0. The normalized spacial score (nSPS) is 16.9. The largest absolute Gasteiger partial charge is 0.389 e. The van der Waals surface area contributed by atoms with Crippen LogP contribution in [0.4, 0.5) is 5.69 Å². The number of anilines is 1. The Balaban J connectivity index is 2.19. The van der Waals surface area contributed by atoms with Crippen LogP contribution in [-0.2, 0) is 0 Å². The SMILES string of the molecule is CC(C)CCN(c1ccccc1[C@@H](C)O)C1CC1. The van der Waals surface area contributed by atoms with Crippen molar-refractivity contribution in [3.8, 4) is 0 Å². The van der Waals surface area contributed by atoms with Gasteiger partial charge in [-0.25, -0.2) is 0 Å². The number of para-hydroxylation sites is 1. The van der Waals surface area contributed by atoms with Crippen LogP contribution < -0.4 is 4.90 Å². The highest BCUT2D eigenvalue weighted by Gasteiger charge is 2.30. The lowest BCUT2D eigenvalue weighted by atomic mass is 10.1. The van der Waals surface area contributed by atoms with Crippen molar-refractivity contribution < 1.29 is 5.11 Å². The first-order chi connectivity index (χ1) is 8.59. The molecule has 1 saturated carbocycles. The van der Waals surface area contributed by atoms with Gasteiger partial charge in [0.2, 0.25) is 0 Å². The second kappa shape index (κ2) is 5.75. The first-order valence-electron chi connectivity index (χ1n) is 7.13. The molecule has 1 aliphatic rings. The maximum absolute atomic E-state index is 9.91. The van der Waals surface area contributed by atoms with E-state index in [9.17, 15) is 5.11 Å². The third-order valence-corrected chi connectivity index (χ3v) is 3.63. The fraction of sp³-hybridized carbons (Fsp3) is 0.625. The van der Waals surface area contributed by atoms with Gasteiger partial charge in [0.1, 0.15) is 0 Å². The van der Waals surface area contributed by atoms with Crippen LogP contribution in [0.2, 0.25) is 0 Å². The van der Waals surface area contributed by atoms with E-state index in [0.29, 0.717) is 6.04 Å². The fourth-order valence-electron chi connectivity index (χ4n) is 2.39. The summed E-state index contributed by atoms with van der Waals surface area (Å²) in [4.78, 5) is 2.50. The average Bonchev–Trinajstić information content (AvgIpc) is 3.14. The number of hydrogen-bond acceptors (Lipinski definition) is 2. The summed E-state index contributed by atoms with van der Waals surface area (Å²) >= 11 is 0. The van der Waals surface area contributed by atoms with E-state index in [1.165, 1.54) is 24.9 Å². The third kappa shape index (κ3) is 3.26. The van der Waals surface area contributed by atoms with Gasteiger partial charge in [0, 0.05) is 23.8 Å². The number of aliphatic hydroxyl groups is 1. The molecule has 1 aromatic rings. The molecule has 1 atom stereocenters. The zero-order valence-corrected chi connectivity index (χ0v) is 11.8. The van der Waals surface area contributed by atoms with E-state index < -0.39 is 0 Å². The summed E-state index contributed by atoms with van der Waals surface area (Å²) in [6.45, 7) is 7.50. The molecule has 2 heteroatoms. The minimum atomic E-state index is -0.387. The van der Waals surface area contributed by atoms with E-state index in [1.807, 2.05) is 19.1 Å². The molecule has 0 spiro atoms. The van der Waals surface area contributed by atoms with Gasteiger partial charge in [-0.05, 0) is 38.2 Å². The number of benzene rings is 1. The van der Waals surface area contributed by atoms with Crippen LogP contribution in [0.15, 0.2) is 24.3 Å². The van der Waals surface area contributed by atoms with Gasteiger partial charge in [-0.1, -0.05) is 32.0 Å². The van der Waals surface area contributed by atoms with Crippen molar-refractivity contribution in [2.24, 2.45) is 5.92 Å². The number of hydrogen-bond donors (Lipinski definition) is 1. The van der Waals surface area contributed by atoms with Crippen LogP contribution in [0.3, 0.4) is 0 Å². The molecule has 1 fully saturated rings. The van der Waals surface area contributed by atoms with Crippen molar-refractivity contribution in [3.05, 3.63) is 29.8 Å². The maximum Gasteiger partial charge on any atom is 0.0781 e. The van der Waals surface area contributed by atoms with E-state index in [-0.39, 0.29) is 6.10 Å². The minimum absolute atomic E-state index is 0.387. The summed E-state index contributed by atoms with van der Waals surface area (Å²) in [7, 11) is 0. The van der Waals surface area contributed by atoms with Crippen molar-refractivity contribution in [3.63, 3.8) is 0 Å². The highest BCUT2D eigenvalue weighted by molar-refractivity contribution is 5.56. The van der Waals surface area contributed by atoms with Crippen molar-refractivity contribution in [2.45, 2.75) is 52.2 Å². The van der Waals surface area contributed by atoms with E-state index in [0.717, 1.165) is 18.0 Å². The molecular formula is C16H25NO. The zero-order chi connectivity index (χ0) is 13.1. The Hall–Kier alpha value is -1.02. The Bertz CT molecular complexity index is 382. The lowest BCUT2D eigenvalue weighted by molar-refractivity contribution is 0.199. The van der Waals surface area contributed by atoms with Gasteiger partial charge in [-0.15, -0.1) is 0 Å². The highest BCUT2D eigenvalue weighted by Crippen LogP contribution is 2.35. The summed E-state index contributed by atoms with van der Waals surface area (Å²) in [5.41, 5.74) is 2.30. The molecule has 0 amide bonds. The molecule has 1 aromatic carbocycles. The van der Waals surface area contributed by atoms with Gasteiger partial charge in [-0.3, -0.25) is 0 Å². The number of rotatable bonds is 6. The molecule has 0 radical (unpaired) electrons. The maximum atomic E-state index is 9.91. The van der Waals surface area contributed by atoms with Crippen molar-refractivity contribution in [1.29, 1.82) is 0 Å². The molecule has 100 valence electrons. The van der Waals surface area contributed by atoms with E-state index >= 15 is 0 Å². The zero-order valence-electron chi connectivity index (χ0n) is 11.8. The molecule has 1 aliphatic carbocycles. The second-order valence-corrected chi connectivity index (χ2v) is 5.84. The van der Waals surface area contributed by atoms with Gasteiger partial charge in [-0.2, -0.15) is 0 Å². The second-order valence-electron chi connectivity index (χ2n) is 5.84. The molecule has 18 heavy (non-hydrogen) atoms. The van der Waals surface area contributed by atoms with E-state index in [1.54, 1.807) is 0 Å². The molecule has 0 aliphatic heterocycles. The average molecular weight is 247 g/mol. The van der Waals surface area contributed by atoms with Gasteiger partial charge in [0.05, 0.1) is 6.10 Å². The van der Waals surface area contributed by atoms with Crippen molar-refractivity contribution in [1.82, 2.24) is 0 Å². The minimum Gasteiger partial charge on any atom is -0.389 e. The summed E-state index contributed by atoms with van der Waals surface area (Å²) in [6, 6.07) is 8.99. The molecule has 0 unspecified atom stereocenters. The molecule has 0 bridgehead atoms. The van der Waals surface area contributed by atoms with Crippen LogP contribution in [-0.4, -0.2) is 17.7 Å². The van der Waals surface area contributed by atoms with Crippen LogP contribution >= 0.6 is 0 Å². The van der Waals surface area contributed by atoms with Gasteiger partial charge in [0.15, 0.2) is 0 Å². The van der Waals surface area contributed by atoms with Gasteiger partial charge >= 0.3 is 0 Å². The van der Waals surface area contributed by atoms with Crippen LogP contribution in [0.5, 0.6) is 0 Å². The first kappa shape index (κ1) is 13.4. The van der Waals surface area contributed by atoms with Crippen molar-refractivity contribution in [2.75, 3.05) is 11.4 Å². The summed E-state index contributed by atoms with van der Waals surface area (Å²) in [5, 5.41) is 9.91. The van der Waals surface area contributed by atoms with Crippen LogP contribution in [0.1, 0.15) is 51.7 Å². The fourth-order valence-corrected chi connectivity index (χ4v) is 2.39. The molecule has 2 rings (SSSR count). The highest BCUT2D eigenvalue weighted by atomic mass is 16.3. The van der Waals surface area contributed by atoms with Crippen molar-refractivity contribution >= 4 is 5.69 Å². The smallest absolute Gasteiger partial charge is 0.0781 e. The topological polar surface area (TPSA) is 23.5 Å². The molecule has 0 aromatic heterocycles. The van der Waals surface area contributed by atoms with E-state index in [4.69, 9.17) is 0 Å².